The molecule has 2 aromatic carbocycles. The molecule has 1 unspecified atom stereocenters. The molecule has 134 valence electrons. The Kier molecular flexibility index (Phi) is 4.54. The fraction of sp³-hybridized carbons (Fsp3) is 0.400. The number of hydrogen-bond acceptors (Lipinski definition) is 2. The van der Waals surface area contributed by atoms with E-state index >= 15 is 0 Å². The first kappa shape index (κ1) is 17.8. The molecule has 2 nitrogen and oxygen atoms in total. The SMILES string of the molecule is CN[C@@H](c1ccc(NC2Cc3ccccc3C2(C)C)cc1)C(F)(F)F. The number of alkyl halides is 3. The third-order valence-electron chi connectivity index (χ3n) is 5.21. The van der Waals surface area contributed by atoms with Crippen LogP contribution in [0.4, 0.5) is 18.9 Å². The standard InChI is InChI=1S/C20H23F3N2/c1-19(2)16-7-5-4-6-14(16)12-17(19)25-15-10-8-13(9-11-15)18(24-3)20(21,22)23/h4-11,17-18,24-25H,12H2,1-3H3/t17?,18-/m0/s1. The van der Waals surface area contributed by atoms with Gasteiger partial charge >= 0.3 is 6.18 Å². The van der Waals surface area contributed by atoms with Crippen molar-refractivity contribution < 1.29 is 13.2 Å². The number of nitrogens with one attached hydrogen (secondary N) is 2. The van der Waals surface area contributed by atoms with Crippen LogP contribution >= 0.6 is 0 Å². The molecule has 0 bridgehead atoms. The summed E-state index contributed by atoms with van der Waals surface area (Å²) >= 11 is 0. The highest BCUT2D eigenvalue weighted by molar-refractivity contribution is 5.51. The summed E-state index contributed by atoms with van der Waals surface area (Å²) in [6, 6.07) is 13.5. The molecule has 1 aliphatic rings. The Balaban J connectivity index is 1.77. The molecule has 0 radical (unpaired) electrons. The van der Waals surface area contributed by atoms with Gasteiger partial charge in [0, 0.05) is 17.1 Å². The summed E-state index contributed by atoms with van der Waals surface area (Å²) in [5.41, 5.74) is 3.68. The van der Waals surface area contributed by atoms with Crippen molar-refractivity contribution in [3.8, 4) is 0 Å². The average molecular weight is 348 g/mol. The van der Waals surface area contributed by atoms with Crippen LogP contribution in [0.2, 0.25) is 0 Å². The lowest BCUT2D eigenvalue weighted by Gasteiger charge is -2.30. The van der Waals surface area contributed by atoms with Crippen LogP contribution < -0.4 is 10.6 Å². The molecule has 0 spiro atoms. The van der Waals surface area contributed by atoms with Gasteiger partial charge in [0.1, 0.15) is 6.04 Å². The highest BCUT2D eigenvalue weighted by Crippen LogP contribution is 2.40. The fourth-order valence-electron chi connectivity index (χ4n) is 3.71. The van der Waals surface area contributed by atoms with E-state index in [-0.39, 0.29) is 17.0 Å². The van der Waals surface area contributed by atoms with Gasteiger partial charge in [-0.25, -0.2) is 0 Å². The van der Waals surface area contributed by atoms with Crippen molar-refractivity contribution in [3.05, 3.63) is 65.2 Å². The first-order valence-electron chi connectivity index (χ1n) is 8.42. The Morgan fingerprint density at radius 1 is 1.04 bits per heavy atom. The Bertz CT molecular complexity index is 735. The molecule has 0 saturated carbocycles. The number of hydrogen-bond donors (Lipinski definition) is 2. The van der Waals surface area contributed by atoms with Gasteiger partial charge in [-0.2, -0.15) is 13.2 Å². The number of halogens is 3. The van der Waals surface area contributed by atoms with E-state index in [9.17, 15) is 13.2 Å². The normalized spacial score (nSPS) is 20.2. The van der Waals surface area contributed by atoms with Gasteiger partial charge in [-0.1, -0.05) is 50.2 Å². The monoisotopic (exact) mass is 348 g/mol. The molecule has 0 saturated heterocycles. The van der Waals surface area contributed by atoms with E-state index in [1.54, 1.807) is 12.1 Å². The van der Waals surface area contributed by atoms with Crippen LogP contribution in [0, 0.1) is 0 Å². The third-order valence-corrected chi connectivity index (χ3v) is 5.21. The van der Waals surface area contributed by atoms with Crippen molar-refractivity contribution in [2.24, 2.45) is 0 Å². The first-order valence-corrected chi connectivity index (χ1v) is 8.42. The van der Waals surface area contributed by atoms with E-state index in [1.165, 1.54) is 30.3 Å². The quantitative estimate of drug-likeness (QED) is 0.827. The molecule has 2 N–H and O–H groups in total. The van der Waals surface area contributed by atoms with E-state index < -0.39 is 12.2 Å². The molecule has 2 atom stereocenters. The predicted octanol–water partition coefficient (Wildman–Crippen LogP) is 4.82. The van der Waals surface area contributed by atoms with Gasteiger partial charge in [0.25, 0.3) is 0 Å². The van der Waals surface area contributed by atoms with E-state index in [4.69, 9.17) is 0 Å². The number of rotatable bonds is 4. The molecule has 0 aromatic heterocycles. The highest BCUT2D eigenvalue weighted by atomic mass is 19.4. The van der Waals surface area contributed by atoms with Crippen molar-refractivity contribution in [3.63, 3.8) is 0 Å². The van der Waals surface area contributed by atoms with Crippen molar-refractivity contribution in [2.45, 2.75) is 43.9 Å². The van der Waals surface area contributed by atoms with E-state index in [2.05, 4.69) is 36.6 Å². The van der Waals surface area contributed by atoms with Crippen LogP contribution in [0.25, 0.3) is 0 Å². The van der Waals surface area contributed by atoms with E-state index in [0.29, 0.717) is 0 Å². The zero-order chi connectivity index (χ0) is 18.2. The van der Waals surface area contributed by atoms with Crippen molar-refractivity contribution in [1.29, 1.82) is 0 Å². The first-order chi connectivity index (χ1) is 11.7. The molecular formula is C20H23F3N2. The number of anilines is 1. The molecular weight excluding hydrogens is 325 g/mol. The number of fused-ring (bicyclic) bond motifs is 1. The molecule has 0 heterocycles. The summed E-state index contributed by atoms with van der Waals surface area (Å²) in [5, 5.41) is 5.83. The van der Waals surface area contributed by atoms with Crippen LogP contribution in [0.3, 0.4) is 0 Å². The molecule has 1 aliphatic carbocycles. The van der Waals surface area contributed by atoms with Gasteiger partial charge in [0.2, 0.25) is 0 Å². The van der Waals surface area contributed by atoms with Gasteiger partial charge in [-0.15, -0.1) is 0 Å². The average Bonchev–Trinajstić information content (AvgIpc) is 2.80. The summed E-state index contributed by atoms with van der Waals surface area (Å²) in [6.45, 7) is 4.40. The lowest BCUT2D eigenvalue weighted by Crippen LogP contribution is -2.36. The minimum absolute atomic E-state index is 0.0330. The Hall–Kier alpha value is -2.01. The van der Waals surface area contributed by atoms with Crippen molar-refractivity contribution >= 4 is 5.69 Å². The molecule has 0 amide bonds. The predicted molar refractivity (Wildman–Crippen MR) is 94.9 cm³/mol. The second kappa shape index (κ2) is 6.37. The smallest absolute Gasteiger partial charge is 0.381 e. The Morgan fingerprint density at radius 2 is 1.68 bits per heavy atom. The van der Waals surface area contributed by atoms with Crippen molar-refractivity contribution in [2.75, 3.05) is 12.4 Å². The maximum absolute atomic E-state index is 13.0. The van der Waals surface area contributed by atoms with Crippen LogP contribution in [0.5, 0.6) is 0 Å². The minimum atomic E-state index is -4.31. The molecule has 2 aromatic rings. The molecule has 25 heavy (non-hydrogen) atoms. The number of benzene rings is 2. The van der Waals surface area contributed by atoms with Gasteiger partial charge < -0.3 is 10.6 Å². The topological polar surface area (TPSA) is 24.1 Å². The van der Waals surface area contributed by atoms with Gasteiger partial charge in [-0.3, -0.25) is 0 Å². The summed E-state index contributed by atoms with van der Waals surface area (Å²) < 4.78 is 39.0. The molecule has 3 rings (SSSR count). The van der Waals surface area contributed by atoms with E-state index in [0.717, 1.165) is 12.1 Å². The second-order valence-electron chi connectivity index (χ2n) is 7.17. The summed E-state index contributed by atoms with van der Waals surface area (Å²) in [4.78, 5) is 0. The van der Waals surface area contributed by atoms with Gasteiger partial charge in [0.15, 0.2) is 0 Å². The molecule has 5 heteroatoms. The van der Waals surface area contributed by atoms with Crippen LogP contribution in [0.15, 0.2) is 48.5 Å². The van der Waals surface area contributed by atoms with Crippen LogP contribution in [-0.4, -0.2) is 19.3 Å². The summed E-state index contributed by atoms with van der Waals surface area (Å²) in [6.07, 6.45) is -3.40. The van der Waals surface area contributed by atoms with Crippen LogP contribution in [-0.2, 0) is 11.8 Å². The molecule has 0 aliphatic heterocycles. The van der Waals surface area contributed by atoms with Gasteiger partial charge in [0.05, 0.1) is 0 Å². The summed E-state index contributed by atoms with van der Waals surface area (Å²) in [7, 11) is 1.32. The molecule has 0 fully saturated rings. The lowest BCUT2D eigenvalue weighted by atomic mass is 9.83. The zero-order valence-corrected chi connectivity index (χ0v) is 14.6. The van der Waals surface area contributed by atoms with Crippen molar-refractivity contribution in [1.82, 2.24) is 5.32 Å². The zero-order valence-electron chi connectivity index (χ0n) is 14.6. The second-order valence-corrected chi connectivity index (χ2v) is 7.17. The third kappa shape index (κ3) is 3.38. The van der Waals surface area contributed by atoms with E-state index in [1.807, 2.05) is 12.1 Å². The minimum Gasteiger partial charge on any atom is -0.381 e. The largest absolute Gasteiger partial charge is 0.407 e. The highest BCUT2D eigenvalue weighted by Gasteiger charge is 2.40. The van der Waals surface area contributed by atoms with Gasteiger partial charge in [-0.05, 0) is 42.3 Å². The lowest BCUT2D eigenvalue weighted by molar-refractivity contribution is -0.156. The maximum atomic E-state index is 13.0. The summed E-state index contributed by atoms with van der Waals surface area (Å²) in [5.74, 6) is 0. The van der Waals surface area contributed by atoms with Crippen LogP contribution in [0.1, 0.15) is 36.6 Å². The fourth-order valence-corrected chi connectivity index (χ4v) is 3.71. The maximum Gasteiger partial charge on any atom is 0.407 e. The Labute approximate surface area is 146 Å². The Morgan fingerprint density at radius 3 is 2.24 bits per heavy atom.